The van der Waals surface area contributed by atoms with Crippen molar-refractivity contribution >= 4 is 23.4 Å². The van der Waals surface area contributed by atoms with Gasteiger partial charge < -0.3 is 19.9 Å². The van der Waals surface area contributed by atoms with Crippen LogP contribution in [0.25, 0.3) is 0 Å². The fraction of sp³-hybridized carbons (Fsp3) is 0.571. The molecule has 1 N–H and O–H groups in total. The van der Waals surface area contributed by atoms with Gasteiger partial charge in [-0.3, -0.25) is 14.4 Å². The van der Waals surface area contributed by atoms with Gasteiger partial charge in [0.2, 0.25) is 5.91 Å². The molecule has 150 valence electrons. The molecule has 1 aromatic rings. The number of rotatable bonds is 4. The van der Waals surface area contributed by atoms with Crippen molar-refractivity contribution in [3.8, 4) is 0 Å². The number of piperazine rings is 1. The normalized spacial score (nSPS) is 26.8. The van der Waals surface area contributed by atoms with Gasteiger partial charge in [-0.05, 0) is 43.4 Å². The Kier molecular flexibility index (Phi) is 5.35. The predicted octanol–water partition coefficient (Wildman–Crippen LogP) is 1.74. The molecule has 7 nitrogen and oxygen atoms in total. The molecule has 28 heavy (non-hydrogen) atoms. The highest BCUT2D eigenvalue weighted by Crippen LogP contribution is 2.38. The number of hydrogen-bond donors (Lipinski definition) is 1. The van der Waals surface area contributed by atoms with E-state index in [1.54, 1.807) is 34.1 Å². The lowest BCUT2D eigenvalue weighted by atomic mass is 10.1. The number of benzene rings is 1. The molecule has 1 saturated carbocycles. The van der Waals surface area contributed by atoms with Crippen molar-refractivity contribution in [2.45, 2.75) is 32.3 Å². The Morgan fingerprint density at radius 2 is 1.82 bits per heavy atom. The van der Waals surface area contributed by atoms with Crippen molar-refractivity contribution < 1.29 is 19.1 Å². The molecule has 3 fully saturated rings. The Morgan fingerprint density at radius 1 is 1.11 bits per heavy atom. The first-order valence-electron chi connectivity index (χ1n) is 10.1. The van der Waals surface area contributed by atoms with Gasteiger partial charge >= 0.3 is 0 Å². The molecule has 4 rings (SSSR count). The molecule has 2 aliphatic heterocycles. The minimum Gasteiger partial charge on any atom is -0.368 e. The maximum absolute atomic E-state index is 12.9. The Labute approximate surface area is 165 Å². The minimum atomic E-state index is -0.309. The summed E-state index contributed by atoms with van der Waals surface area (Å²) in [5, 5.41) is 2.91. The zero-order valence-corrected chi connectivity index (χ0v) is 16.2. The molecule has 2 heterocycles. The van der Waals surface area contributed by atoms with Gasteiger partial charge in [0, 0.05) is 50.0 Å². The zero-order valence-electron chi connectivity index (χ0n) is 16.2. The molecule has 3 aliphatic rings. The molecule has 3 atom stereocenters. The highest BCUT2D eigenvalue weighted by Gasteiger charge is 2.39. The quantitative estimate of drug-likeness (QED) is 0.856. The van der Waals surface area contributed by atoms with Crippen molar-refractivity contribution in [2.24, 2.45) is 11.8 Å². The zero-order chi connectivity index (χ0) is 19.7. The second kappa shape index (κ2) is 7.91. The average molecular weight is 385 g/mol. The number of carbonyl (C=O) groups is 3. The minimum absolute atomic E-state index is 0.0263. The van der Waals surface area contributed by atoms with Crippen molar-refractivity contribution in [1.82, 2.24) is 9.80 Å². The van der Waals surface area contributed by atoms with E-state index in [0.717, 1.165) is 19.3 Å². The third kappa shape index (κ3) is 4.04. The molecule has 0 aromatic heterocycles. The van der Waals surface area contributed by atoms with Crippen LogP contribution in [0.4, 0.5) is 5.69 Å². The van der Waals surface area contributed by atoms with Crippen molar-refractivity contribution in [1.29, 1.82) is 0 Å². The number of amides is 3. The van der Waals surface area contributed by atoms with Gasteiger partial charge in [0.1, 0.15) is 6.10 Å². The van der Waals surface area contributed by atoms with E-state index in [0.29, 0.717) is 50.0 Å². The summed E-state index contributed by atoms with van der Waals surface area (Å²) >= 11 is 0. The lowest BCUT2D eigenvalue weighted by Gasteiger charge is -2.35. The van der Waals surface area contributed by atoms with Crippen molar-refractivity contribution in [3.63, 3.8) is 0 Å². The number of anilines is 1. The van der Waals surface area contributed by atoms with Crippen LogP contribution >= 0.6 is 0 Å². The third-order valence-electron chi connectivity index (χ3n) is 5.91. The van der Waals surface area contributed by atoms with Crippen LogP contribution in [-0.2, 0) is 14.3 Å². The smallest absolute Gasteiger partial charge is 0.254 e. The fourth-order valence-corrected chi connectivity index (χ4v) is 3.94. The van der Waals surface area contributed by atoms with Crippen LogP contribution in [0.5, 0.6) is 0 Å². The van der Waals surface area contributed by atoms with E-state index in [2.05, 4.69) is 12.2 Å². The molecule has 2 saturated heterocycles. The Morgan fingerprint density at radius 3 is 2.46 bits per heavy atom. The van der Waals surface area contributed by atoms with E-state index < -0.39 is 0 Å². The molecule has 0 bridgehead atoms. The summed E-state index contributed by atoms with van der Waals surface area (Å²) in [6.45, 7) is 4.79. The second-order valence-electron chi connectivity index (χ2n) is 8.01. The number of nitrogens with one attached hydrogen (secondary N) is 1. The third-order valence-corrected chi connectivity index (χ3v) is 5.91. The molecule has 1 aromatic carbocycles. The van der Waals surface area contributed by atoms with Crippen LogP contribution in [0, 0.1) is 11.8 Å². The maximum Gasteiger partial charge on any atom is 0.254 e. The van der Waals surface area contributed by atoms with E-state index in [9.17, 15) is 14.4 Å². The van der Waals surface area contributed by atoms with E-state index in [-0.39, 0.29) is 29.7 Å². The summed E-state index contributed by atoms with van der Waals surface area (Å²) < 4.78 is 5.48. The van der Waals surface area contributed by atoms with Gasteiger partial charge in [0.25, 0.3) is 11.8 Å². The number of ether oxygens (including phenoxy) is 1. The van der Waals surface area contributed by atoms with E-state index in [1.165, 1.54) is 0 Å². The molecular formula is C21H27N3O4. The summed E-state index contributed by atoms with van der Waals surface area (Å²) in [6, 6.07) is 7.09. The van der Waals surface area contributed by atoms with Gasteiger partial charge in [0.15, 0.2) is 0 Å². The topological polar surface area (TPSA) is 79.0 Å². The van der Waals surface area contributed by atoms with Gasteiger partial charge in [-0.2, -0.15) is 0 Å². The van der Waals surface area contributed by atoms with E-state index >= 15 is 0 Å². The van der Waals surface area contributed by atoms with Crippen LogP contribution in [-0.4, -0.2) is 66.4 Å². The lowest BCUT2D eigenvalue weighted by Crippen LogP contribution is -2.52. The van der Waals surface area contributed by atoms with Crippen molar-refractivity contribution in [2.75, 3.05) is 38.1 Å². The molecule has 0 spiro atoms. The van der Waals surface area contributed by atoms with Crippen LogP contribution < -0.4 is 5.32 Å². The number of carbonyl (C=O) groups excluding carboxylic acids is 3. The predicted molar refractivity (Wildman–Crippen MR) is 104 cm³/mol. The second-order valence-corrected chi connectivity index (χ2v) is 8.01. The highest BCUT2D eigenvalue weighted by atomic mass is 16.5. The molecule has 1 aliphatic carbocycles. The SMILES string of the molecule is CC1CC1C(=O)Nc1cccc(C(=O)N2CCN(C(=O)C3CCCO3)CC2)c1. The molecular weight excluding hydrogens is 358 g/mol. The first-order chi connectivity index (χ1) is 13.5. The summed E-state index contributed by atoms with van der Waals surface area (Å²) in [5.74, 6) is 0.536. The van der Waals surface area contributed by atoms with Crippen molar-refractivity contribution in [3.05, 3.63) is 29.8 Å². The Balaban J connectivity index is 1.33. The van der Waals surface area contributed by atoms with Gasteiger partial charge in [0.05, 0.1) is 0 Å². The standard InChI is InChI=1S/C21H27N3O4/c1-14-12-17(14)19(25)22-16-5-2-4-15(13-16)20(26)23-7-9-24(10-8-23)21(27)18-6-3-11-28-18/h2,4-5,13-14,17-18H,3,6-12H2,1H3,(H,22,25). The molecule has 3 unspecified atom stereocenters. The monoisotopic (exact) mass is 385 g/mol. The van der Waals surface area contributed by atoms with Crippen LogP contribution in [0.1, 0.15) is 36.5 Å². The van der Waals surface area contributed by atoms with E-state index in [4.69, 9.17) is 4.74 Å². The molecule has 3 amide bonds. The first kappa shape index (κ1) is 18.9. The Bertz CT molecular complexity index is 767. The lowest BCUT2D eigenvalue weighted by molar-refractivity contribution is -0.142. The van der Waals surface area contributed by atoms with Gasteiger partial charge in [-0.25, -0.2) is 0 Å². The van der Waals surface area contributed by atoms with Crippen LogP contribution in [0.3, 0.4) is 0 Å². The van der Waals surface area contributed by atoms with Crippen LogP contribution in [0.15, 0.2) is 24.3 Å². The number of hydrogen-bond acceptors (Lipinski definition) is 4. The maximum atomic E-state index is 12.9. The average Bonchev–Trinajstić information content (AvgIpc) is 3.21. The fourth-order valence-electron chi connectivity index (χ4n) is 3.94. The Hall–Kier alpha value is -2.41. The molecule has 0 radical (unpaired) electrons. The molecule has 7 heteroatoms. The number of nitrogens with zero attached hydrogens (tertiary/aromatic N) is 2. The van der Waals surface area contributed by atoms with E-state index in [1.807, 2.05) is 0 Å². The highest BCUT2D eigenvalue weighted by molar-refractivity contribution is 5.98. The summed E-state index contributed by atoms with van der Waals surface area (Å²) in [7, 11) is 0. The first-order valence-corrected chi connectivity index (χ1v) is 10.1. The summed E-state index contributed by atoms with van der Waals surface area (Å²) in [6.07, 6.45) is 2.34. The van der Waals surface area contributed by atoms with Gasteiger partial charge in [-0.1, -0.05) is 13.0 Å². The largest absolute Gasteiger partial charge is 0.368 e. The van der Waals surface area contributed by atoms with Gasteiger partial charge in [-0.15, -0.1) is 0 Å². The van der Waals surface area contributed by atoms with Crippen LogP contribution in [0.2, 0.25) is 0 Å². The summed E-state index contributed by atoms with van der Waals surface area (Å²) in [4.78, 5) is 41.0. The summed E-state index contributed by atoms with van der Waals surface area (Å²) in [5.41, 5.74) is 1.21.